The number of aromatic hydroxyl groups is 1. The number of nitrogens with zero attached hydrogens (tertiary/aromatic N) is 1. The zero-order chi connectivity index (χ0) is 19.6. The number of hydrogen-bond donors (Lipinski definition) is 4. The van der Waals surface area contributed by atoms with E-state index in [1.165, 1.54) is 14.0 Å². The highest BCUT2D eigenvalue weighted by atomic mass is 16.5. The van der Waals surface area contributed by atoms with E-state index < -0.39 is 29.1 Å². The monoisotopic (exact) mass is 370 g/mol. The Labute approximate surface area is 152 Å². The number of aromatic nitrogens is 3. The molecule has 0 radical (unpaired) electrons. The number of aromatic amines is 3. The predicted octanol–water partition coefficient (Wildman–Crippen LogP) is 0.843. The molecule has 9 heteroatoms. The summed E-state index contributed by atoms with van der Waals surface area (Å²) in [5.74, 6) is -1.19. The first-order valence-electron chi connectivity index (χ1n) is 8.14. The van der Waals surface area contributed by atoms with E-state index in [9.17, 15) is 19.5 Å². The largest absolute Gasteiger partial charge is 0.494 e. The number of H-pyrrole nitrogens is 3. The Hall–Kier alpha value is -3.62. The summed E-state index contributed by atoms with van der Waals surface area (Å²) in [6.45, 7) is 1.47. The average Bonchev–Trinajstić information content (AvgIpc) is 3.02. The van der Waals surface area contributed by atoms with Gasteiger partial charge in [-0.3, -0.25) is 19.8 Å². The standard InChI is InChI=1S/C18H18N4O5/c1-9(14-15(23)21-18(26)22-16(14)24)20-13(17(25)27-2)7-10-8-19-12-6-4-3-5-11(10)12/h3-6,8,13,19H,7H2,1-2H3,(H3,21,22,23,24,26). The van der Waals surface area contributed by atoms with E-state index >= 15 is 0 Å². The van der Waals surface area contributed by atoms with Crippen LogP contribution in [-0.2, 0) is 16.0 Å². The number of carbonyl (C=O) groups excluding carboxylic acids is 1. The van der Waals surface area contributed by atoms with Crippen LogP contribution >= 0.6 is 0 Å². The van der Waals surface area contributed by atoms with Crippen molar-refractivity contribution < 1.29 is 14.6 Å². The van der Waals surface area contributed by atoms with Gasteiger partial charge in [0.2, 0.25) is 5.88 Å². The fraction of sp³-hybridized carbons (Fsp3) is 0.222. The Morgan fingerprint density at radius 1 is 1.26 bits per heavy atom. The highest BCUT2D eigenvalue weighted by molar-refractivity contribution is 6.01. The van der Waals surface area contributed by atoms with Crippen LogP contribution in [0.2, 0.25) is 0 Å². The van der Waals surface area contributed by atoms with Gasteiger partial charge in [0.25, 0.3) is 5.56 Å². The smallest absolute Gasteiger partial charge is 0.330 e. The van der Waals surface area contributed by atoms with E-state index in [4.69, 9.17) is 4.74 Å². The van der Waals surface area contributed by atoms with Gasteiger partial charge in [0.05, 0.1) is 12.8 Å². The van der Waals surface area contributed by atoms with Crippen LogP contribution in [0.4, 0.5) is 0 Å². The van der Waals surface area contributed by atoms with E-state index in [1.54, 1.807) is 6.20 Å². The number of methoxy groups -OCH3 is 1. The van der Waals surface area contributed by atoms with Crippen molar-refractivity contribution in [1.82, 2.24) is 15.0 Å². The van der Waals surface area contributed by atoms with Crippen LogP contribution in [0.5, 0.6) is 5.88 Å². The van der Waals surface area contributed by atoms with Crippen LogP contribution < -0.4 is 11.2 Å². The van der Waals surface area contributed by atoms with E-state index in [0.717, 1.165) is 16.5 Å². The van der Waals surface area contributed by atoms with Gasteiger partial charge in [0, 0.05) is 23.5 Å². The maximum atomic E-state index is 12.2. The molecule has 0 spiro atoms. The molecule has 1 atom stereocenters. The molecule has 0 fully saturated rings. The third-order valence-corrected chi connectivity index (χ3v) is 4.20. The van der Waals surface area contributed by atoms with Crippen molar-refractivity contribution in [2.24, 2.45) is 4.99 Å². The first kappa shape index (κ1) is 18.2. The van der Waals surface area contributed by atoms with Gasteiger partial charge in [-0.2, -0.15) is 0 Å². The van der Waals surface area contributed by atoms with Crippen molar-refractivity contribution in [2.75, 3.05) is 7.11 Å². The van der Waals surface area contributed by atoms with Crippen LogP contribution in [0.1, 0.15) is 18.1 Å². The van der Waals surface area contributed by atoms with Crippen molar-refractivity contribution in [3.05, 3.63) is 62.4 Å². The summed E-state index contributed by atoms with van der Waals surface area (Å²) in [5.41, 5.74) is 0.0388. The topological polar surface area (TPSA) is 140 Å². The molecule has 0 saturated carbocycles. The zero-order valence-electron chi connectivity index (χ0n) is 14.7. The number of para-hydroxylation sites is 1. The van der Waals surface area contributed by atoms with Crippen molar-refractivity contribution in [1.29, 1.82) is 0 Å². The molecule has 140 valence electrons. The van der Waals surface area contributed by atoms with Gasteiger partial charge in [-0.25, -0.2) is 9.59 Å². The van der Waals surface area contributed by atoms with Gasteiger partial charge >= 0.3 is 11.7 Å². The van der Waals surface area contributed by atoms with Gasteiger partial charge < -0.3 is 14.8 Å². The third-order valence-electron chi connectivity index (χ3n) is 4.20. The maximum absolute atomic E-state index is 12.2. The first-order chi connectivity index (χ1) is 12.9. The van der Waals surface area contributed by atoms with E-state index in [2.05, 4.69) is 15.0 Å². The minimum Gasteiger partial charge on any atom is -0.494 e. The fourth-order valence-corrected chi connectivity index (χ4v) is 2.93. The lowest BCUT2D eigenvalue weighted by atomic mass is 10.0. The van der Waals surface area contributed by atoms with Gasteiger partial charge in [-0.15, -0.1) is 0 Å². The van der Waals surface area contributed by atoms with E-state index in [1.807, 2.05) is 29.2 Å². The molecule has 0 amide bonds. The van der Waals surface area contributed by atoms with Crippen molar-refractivity contribution in [2.45, 2.75) is 19.4 Å². The summed E-state index contributed by atoms with van der Waals surface area (Å²) in [6, 6.07) is 6.69. The second-order valence-electron chi connectivity index (χ2n) is 5.95. The molecule has 0 bridgehead atoms. The second kappa shape index (κ2) is 7.32. The second-order valence-corrected chi connectivity index (χ2v) is 5.95. The number of benzene rings is 1. The van der Waals surface area contributed by atoms with Crippen molar-refractivity contribution >= 4 is 22.6 Å². The Morgan fingerprint density at radius 3 is 2.70 bits per heavy atom. The molecule has 1 unspecified atom stereocenters. The van der Waals surface area contributed by atoms with Crippen LogP contribution in [-0.4, -0.2) is 44.9 Å². The molecule has 2 heterocycles. The lowest BCUT2D eigenvalue weighted by Crippen LogP contribution is -2.29. The van der Waals surface area contributed by atoms with Crippen molar-refractivity contribution in [3.63, 3.8) is 0 Å². The molecule has 1 aromatic carbocycles. The minimum absolute atomic E-state index is 0.0974. The molecule has 0 aliphatic heterocycles. The number of ether oxygens (including phenoxy) is 1. The summed E-state index contributed by atoms with van der Waals surface area (Å²) >= 11 is 0. The Bertz CT molecular complexity index is 1140. The fourth-order valence-electron chi connectivity index (χ4n) is 2.93. The molecule has 27 heavy (non-hydrogen) atoms. The van der Waals surface area contributed by atoms with Crippen LogP contribution in [0.3, 0.4) is 0 Å². The highest BCUT2D eigenvalue weighted by Gasteiger charge is 2.22. The molecule has 0 aliphatic rings. The van der Waals surface area contributed by atoms with Crippen LogP contribution in [0, 0.1) is 0 Å². The molecule has 3 aromatic rings. The van der Waals surface area contributed by atoms with E-state index in [-0.39, 0.29) is 17.7 Å². The zero-order valence-corrected chi connectivity index (χ0v) is 14.7. The molecule has 9 nitrogen and oxygen atoms in total. The first-order valence-corrected chi connectivity index (χ1v) is 8.14. The number of rotatable bonds is 5. The summed E-state index contributed by atoms with van der Waals surface area (Å²) in [6.07, 6.45) is 2.02. The summed E-state index contributed by atoms with van der Waals surface area (Å²) < 4.78 is 4.83. The number of fused-ring (bicyclic) bond motifs is 1. The number of esters is 1. The molecular formula is C18H18N4O5. The summed E-state index contributed by atoms with van der Waals surface area (Å²) in [7, 11) is 1.25. The normalized spacial score (nSPS) is 12.9. The van der Waals surface area contributed by atoms with Crippen LogP contribution in [0.15, 0.2) is 45.0 Å². The lowest BCUT2D eigenvalue weighted by Gasteiger charge is -2.12. The number of carbonyl (C=O) groups is 1. The molecule has 4 N–H and O–H groups in total. The average molecular weight is 370 g/mol. The highest BCUT2D eigenvalue weighted by Crippen LogP contribution is 2.21. The number of nitrogens with one attached hydrogen (secondary N) is 3. The SMILES string of the molecule is COC(=O)C(Cc1c[nH]c2ccccc12)N=C(C)c1c(O)[nH]c(=O)[nH]c1=O. The van der Waals surface area contributed by atoms with Gasteiger partial charge in [-0.1, -0.05) is 18.2 Å². The number of hydrogen-bond acceptors (Lipinski definition) is 6. The Balaban J connectivity index is 2.01. The van der Waals surface area contributed by atoms with Crippen LogP contribution in [0.25, 0.3) is 10.9 Å². The van der Waals surface area contributed by atoms with Gasteiger partial charge in [0.15, 0.2) is 6.04 Å². The lowest BCUT2D eigenvalue weighted by molar-refractivity contribution is -0.142. The minimum atomic E-state index is -0.931. The molecule has 0 saturated heterocycles. The molecule has 0 aliphatic carbocycles. The number of aliphatic imine (C=N–C) groups is 1. The quantitative estimate of drug-likeness (QED) is 0.389. The molecule has 2 aromatic heterocycles. The molecular weight excluding hydrogens is 352 g/mol. The van der Waals surface area contributed by atoms with Gasteiger partial charge in [-0.05, 0) is 18.6 Å². The maximum Gasteiger partial charge on any atom is 0.330 e. The Morgan fingerprint density at radius 2 is 2.00 bits per heavy atom. The Kier molecular flexibility index (Phi) is 4.93. The van der Waals surface area contributed by atoms with E-state index in [0.29, 0.717) is 0 Å². The summed E-state index contributed by atoms with van der Waals surface area (Å²) in [5, 5.41) is 10.8. The van der Waals surface area contributed by atoms with Crippen molar-refractivity contribution in [3.8, 4) is 5.88 Å². The van der Waals surface area contributed by atoms with Gasteiger partial charge in [0.1, 0.15) is 5.56 Å². The molecule has 3 rings (SSSR count). The predicted molar refractivity (Wildman–Crippen MR) is 99.4 cm³/mol. The third kappa shape index (κ3) is 3.66. The summed E-state index contributed by atoms with van der Waals surface area (Å²) in [4.78, 5) is 46.9.